The molecule has 0 radical (unpaired) electrons. The first-order valence-electron chi connectivity index (χ1n) is 10.1. The molecule has 0 saturated heterocycles. The number of carbonyl (C=O) groups is 1. The van der Waals surface area contributed by atoms with Gasteiger partial charge in [0.2, 0.25) is 5.91 Å². The van der Waals surface area contributed by atoms with Gasteiger partial charge in [0, 0.05) is 44.4 Å². The number of rotatable bonds is 6. The SMILES string of the molecule is COc1cccc(-c2coc3cc(OC)c(/C(C)=C/C(=O)Nc4cc(Cl)cc(Cl)c4)cc23)c1. The number of fused-ring (bicyclic) bond motifs is 1. The van der Waals surface area contributed by atoms with Gasteiger partial charge in [0.05, 0.1) is 20.5 Å². The van der Waals surface area contributed by atoms with E-state index in [4.69, 9.17) is 37.1 Å². The number of anilines is 1. The molecule has 0 unspecified atom stereocenters. The molecule has 0 aliphatic carbocycles. The van der Waals surface area contributed by atoms with E-state index in [9.17, 15) is 4.79 Å². The molecule has 4 rings (SSSR count). The van der Waals surface area contributed by atoms with Crippen molar-refractivity contribution in [1.82, 2.24) is 0 Å². The van der Waals surface area contributed by atoms with Crippen LogP contribution in [0.25, 0.3) is 27.7 Å². The predicted octanol–water partition coefficient (Wildman–Crippen LogP) is 7.47. The van der Waals surface area contributed by atoms with E-state index >= 15 is 0 Å². The molecule has 0 fully saturated rings. The van der Waals surface area contributed by atoms with Crippen LogP contribution in [-0.2, 0) is 4.79 Å². The van der Waals surface area contributed by atoms with E-state index in [1.54, 1.807) is 38.7 Å². The van der Waals surface area contributed by atoms with Crippen LogP contribution in [0.15, 0.2) is 71.4 Å². The summed E-state index contributed by atoms with van der Waals surface area (Å²) in [5, 5.41) is 4.56. The number of halogens is 2. The van der Waals surface area contributed by atoms with E-state index in [2.05, 4.69) is 5.32 Å². The Labute approximate surface area is 201 Å². The average molecular weight is 482 g/mol. The molecule has 0 aliphatic heterocycles. The topological polar surface area (TPSA) is 60.7 Å². The van der Waals surface area contributed by atoms with Crippen LogP contribution in [0.1, 0.15) is 12.5 Å². The van der Waals surface area contributed by atoms with E-state index in [-0.39, 0.29) is 5.91 Å². The fourth-order valence-corrected chi connectivity index (χ4v) is 4.15. The van der Waals surface area contributed by atoms with Gasteiger partial charge in [0.15, 0.2) is 0 Å². The molecule has 0 aliphatic rings. The van der Waals surface area contributed by atoms with Gasteiger partial charge in [-0.15, -0.1) is 0 Å². The zero-order chi connectivity index (χ0) is 23.5. The lowest BCUT2D eigenvalue weighted by Gasteiger charge is -2.11. The minimum Gasteiger partial charge on any atom is -0.497 e. The van der Waals surface area contributed by atoms with Crippen molar-refractivity contribution in [1.29, 1.82) is 0 Å². The average Bonchev–Trinajstić information content (AvgIpc) is 3.20. The van der Waals surface area contributed by atoms with Crippen molar-refractivity contribution in [2.75, 3.05) is 19.5 Å². The summed E-state index contributed by atoms with van der Waals surface area (Å²) < 4.78 is 16.7. The summed E-state index contributed by atoms with van der Waals surface area (Å²) in [6, 6.07) is 16.4. The largest absolute Gasteiger partial charge is 0.497 e. The molecule has 5 nitrogen and oxygen atoms in total. The third-order valence-electron chi connectivity index (χ3n) is 5.18. The quantitative estimate of drug-likeness (QED) is 0.290. The third kappa shape index (κ3) is 5.00. The summed E-state index contributed by atoms with van der Waals surface area (Å²) in [5.74, 6) is 1.04. The molecule has 0 saturated carbocycles. The first-order chi connectivity index (χ1) is 15.9. The van der Waals surface area contributed by atoms with Crippen LogP contribution in [0.3, 0.4) is 0 Å². The van der Waals surface area contributed by atoms with Gasteiger partial charge >= 0.3 is 0 Å². The van der Waals surface area contributed by atoms with Crippen molar-refractivity contribution in [2.24, 2.45) is 0 Å². The van der Waals surface area contributed by atoms with Crippen molar-refractivity contribution >= 4 is 51.3 Å². The van der Waals surface area contributed by atoms with Crippen molar-refractivity contribution < 1.29 is 18.7 Å². The van der Waals surface area contributed by atoms with Gasteiger partial charge in [-0.1, -0.05) is 35.3 Å². The Morgan fingerprint density at radius 2 is 1.76 bits per heavy atom. The van der Waals surface area contributed by atoms with E-state index in [1.807, 2.05) is 43.3 Å². The maximum Gasteiger partial charge on any atom is 0.248 e. The fraction of sp³-hybridized carbons (Fsp3) is 0.115. The molecule has 4 aromatic rings. The zero-order valence-corrected chi connectivity index (χ0v) is 19.8. The lowest BCUT2D eigenvalue weighted by atomic mass is 9.99. The summed E-state index contributed by atoms with van der Waals surface area (Å²) in [7, 11) is 3.21. The van der Waals surface area contributed by atoms with Crippen LogP contribution in [0.2, 0.25) is 10.0 Å². The first kappa shape index (κ1) is 22.8. The molecule has 3 aromatic carbocycles. The highest BCUT2D eigenvalue weighted by atomic mass is 35.5. The summed E-state index contributed by atoms with van der Waals surface area (Å²) in [6.45, 7) is 1.85. The smallest absolute Gasteiger partial charge is 0.248 e. The Bertz CT molecular complexity index is 1350. The molecular weight excluding hydrogens is 461 g/mol. The standard InChI is InChI=1S/C26H21Cl2NO4/c1-15(7-26(30)29-19-10-17(27)9-18(28)11-19)21-12-22-23(14-33-25(22)13-24(21)32-3)16-5-4-6-20(8-16)31-2/h4-14H,1-3H3,(H,29,30)/b15-7+. The van der Waals surface area contributed by atoms with Crippen molar-refractivity contribution in [3.63, 3.8) is 0 Å². The van der Waals surface area contributed by atoms with E-state index in [1.165, 1.54) is 6.08 Å². The number of allylic oxidation sites excluding steroid dienone is 1. The van der Waals surface area contributed by atoms with Crippen LogP contribution in [-0.4, -0.2) is 20.1 Å². The zero-order valence-electron chi connectivity index (χ0n) is 18.2. The molecule has 1 amide bonds. The highest BCUT2D eigenvalue weighted by molar-refractivity contribution is 6.35. The fourth-order valence-electron chi connectivity index (χ4n) is 3.62. The number of hydrogen-bond donors (Lipinski definition) is 1. The lowest BCUT2D eigenvalue weighted by molar-refractivity contribution is -0.111. The van der Waals surface area contributed by atoms with Gasteiger partial charge in [-0.2, -0.15) is 0 Å². The van der Waals surface area contributed by atoms with Gasteiger partial charge in [-0.25, -0.2) is 0 Å². The highest BCUT2D eigenvalue weighted by Crippen LogP contribution is 2.38. The predicted molar refractivity (Wildman–Crippen MR) is 133 cm³/mol. The monoisotopic (exact) mass is 481 g/mol. The van der Waals surface area contributed by atoms with Crippen LogP contribution >= 0.6 is 23.2 Å². The minimum absolute atomic E-state index is 0.312. The number of nitrogens with one attached hydrogen (secondary N) is 1. The first-order valence-corrected chi connectivity index (χ1v) is 10.8. The number of benzene rings is 3. The Balaban J connectivity index is 1.71. The second kappa shape index (κ2) is 9.61. The van der Waals surface area contributed by atoms with Crippen molar-refractivity contribution in [2.45, 2.75) is 6.92 Å². The Hall–Kier alpha value is -3.41. The van der Waals surface area contributed by atoms with Gasteiger partial charge < -0.3 is 19.2 Å². The molecule has 1 heterocycles. The Morgan fingerprint density at radius 1 is 1.00 bits per heavy atom. The van der Waals surface area contributed by atoms with Gasteiger partial charge in [-0.3, -0.25) is 4.79 Å². The second-order valence-corrected chi connectivity index (χ2v) is 8.28. The molecule has 0 atom stereocenters. The number of methoxy groups -OCH3 is 2. The molecule has 0 spiro atoms. The number of amides is 1. The van der Waals surface area contributed by atoms with Gasteiger partial charge in [-0.05, 0) is 54.5 Å². The number of carbonyl (C=O) groups excluding carboxylic acids is 1. The number of furan rings is 1. The van der Waals surface area contributed by atoms with E-state index < -0.39 is 0 Å². The van der Waals surface area contributed by atoms with Crippen LogP contribution < -0.4 is 14.8 Å². The summed E-state index contributed by atoms with van der Waals surface area (Å²) >= 11 is 12.0. The maximum atomic E-state index is 12.6. The second-order valence-electron chi connectivity index (χ2n) is 7.40. The summed E-state index contributed by atoms with van der Waals surface area (Å²) in [5.41, 5.74) is 4.56. The number of hydrogen-bond acceptors (Lipinski definition) is 4. The van der Waals surface area contributed by atoms with Crippen molar-refractivity contribution in [3.8, 4) is 22.6 Å². The van der Waals surface area contributed by atoms with Gasteiger partial charge in [0.1, 0.15) is 17.1 Å². The lowest BCUT2D eigenvalue weighted by Crippen LogP contribution is -2.08. The Kier molecular flexibility index (Phi) is 6.63. The molecule has 7 heteroatoms. The highest BCUT2D eigenvalue weighted by Gasteiger charge is 2.15. The molecule has 1 N–H and O–H groups in total. The van der Waals surface area contributed by atoms with Crippen molar-refractivity contribution in [3.05, 3.63) is 82.5 Å². The minimum atomic E-state index is -0.312. The van der Waals surface area contributed by atoms with E-state index in [0.29, 0.717) is 27.1 Å². The molecule has 1 aromatic heterocycles. The molecule has 0 bridgehead atoms. The van der Waals surface area contributed by atoms with Gasteiger partial charge in [0.25, 0.3) is 0 Å². The molecule has 33 heavy (non-hydrogen) atoms. The Morgan fingerprint density at radius 3 is 2.45 bits per heavy atom. The van der Waals surface area contributed by atoms with E-state index in [0.717, 1.165) is 33.4 Å². The molecular formula is C26H21Cl2NO4. The number of ether oxygens (including phenoxy) is 2. The summed E-state index contributed by atoms with van der Waals surface area (Å²) in [6.07, 6.45) is 3.21. The normalized spacial score (nSPS) is 11.5. The third-order valence-corrected chi connectivity index (χ3v) is 5.62. The summed E-state index contributed by atoms with van der Waals surface area (Å²) in [4.78, 5) is 12.6. The van der Waals surface area contributed by atoms with Crippen LogP contribution in [0.4, 0.5) is 5.69 Å². The van der Waals surface area contributed by atoms with Crippen LogP contribution in [0.5, 0.6) is 11.5 Å². The van der Waals surface area contributed by atoms with Crippen LogP contribution in [0, 0.1) is 0 Å². The molecule has 168 valence electrons. The maximum absolute atomic E-state index is 12.6.